The van der Waals surface area contributed by atoms with E-state index >= 15 is 0 Å². The first-order valence-electron chi connectivity index (χ1n) is 6.29. The Hall–Kier alpha value is -2.56. The number of carboxylic acids is 1. The Morgan fingerprint density at radius 1 is 1.30 bits per heavy atom. The molecule has 2 aromatic rings. The van der Waals surface area contributed by atoms with Crippen molar-refractivity contribution in [2.75, 3.05) is 5.73 Å². The van der Waals surface area contributed by atoms with E-state index in [2.05, 4.69) is 4.98 Å². The van der Waals surface area contributed by atoms with Crippen LogP contribution in [0.4, 0.5) is 5.69 Å². The number of rotatable bonds is 4. The Bertz CT molecular complexity index is 654. The van der Waals surface area contributed by atoms with Crippen LogP contribution in [-0.2, 0) is 6.42 Å². The molecule has 0 unspecified atom stereocenters. The van der Waals surface area contributed by atoms with Crippen LogP contribution in [0.3, 0.4) is 0 Å². The number of hydrogen-bond donors (Lipinski definition) is 2. The molecule has 0 saturated heterocycles. The Balaban J connectivity index is 2.40. The average molecular weight is 272 g/mol. The zero-order chi connectivity index (χ0) is 14.7. The second-order valence-electron chi connectivity index (χ2n) is 4.38. The number of carbonyl (C=O) groups is 1. The number of aromatic nitrogens is 1. The second-order valence-corrected chi connectivity index (χ2v) is 4.38. The SMILES string of the molecule is CCc1nc(C)ccc1Oc1cccc(C(=O)O)c1N. The number of ether oxygens (including phenoxy) is 1. The zero-order valence-electron chi connectivity index (χ0n) is 11.4. The number of nitrogen functional groups attached to an aromatic ring is 1. The van der Waals surface area contributed by atoms with Gasteiger partial charge in [0.05, 0.1) is 16.9 Å². The van der Waals surface area contributed by atoms with E-state index in [1.807, 2.05) is 26.0 Å². The van der Waals surface area contributed by atoms with Crippen LogP contribution in [-0.4, -0.2) is 16.1 Å². The molecule has 0 aliphatic rings. The van der Waals surface area contributed by atoms with E-state index in [0.29, 0.717) is 11.5 Å². The summed E-state index contributed by atoms with van der Waals surface area (Å²) in [5, 5.41) is 9.05. The summed E-state index contributed by atoms with van der Waals surface area (Å²) >= 11 is 0. The molecule has 20 heavy (non-hydrogen) atoms. The fraction of sp³-hybridized carbons (Fsp3) is 0.200. The van der Waals surface area contributed by atoms with E-state index in [4.69, 9.17) is 15.6 Å². The maximum absolute atomic E-state index is 11.0. The molecule has 2 rings (SSSR count). The van der Waals surface area contributed by atoms with Crippen LogP contribution in [0.5, 0.6) is 11.5 Å². The van der Waals surface area contributed by atoms with E-state index in [1.54, 1.807) is 12.1 Å². The molecule has 3 N–H and O–H groups in total. The average Bonchev–Trinajstić information content (AvgIpc) is 2.42. The third kappa shape index (κ3) is 2.71. The number of pyridine rings is 1. The van der Waals surface area contributed by atoms with Crippen molar-refractivity contribution in [2.45, 2.75) is 20.3 Å². The number of nitrogens with zero attached hydrogens (tertiary/aromatic N) is 1. The summed E-state index contributed by atoms with van der Waals surface area (Å²) in [6.45, 7) is 3.88. The van der Waals surface area contributed by atoms with Crippen LogP contribution >= 0.6 is 0 Å². The van der Waals surface area contributed by atoms with Gasteiger partial charge in [-0.2, -0.15) is 0 Å². The minimum Gasteiger partial charge on any atom is -0.478 e. The number of hydrogen-bond acceptors (Lipinski definition) is 4. The van der Waals surface area contributed by atoms with Crippen molar-refractivity contribution in [1.29, 1.82) is 0 Å². The summed E-state index contributed by atoms with van der Waals surface area (Å²) < 4.78 is 5.73. The van der Waals surface area contributed by atoms with E-state index in [9.17, 15) is 4.79 Å². The molecular formula is C15H16N2O3. The third-order valence-electron chi connectivity index (χ3n) is 2.92. The quantitative estimate of drug-likeness (QED) is 0.835. The molecule has 0 bridgehead atoms. The van der Waals surface area contributed by atoms with Gasteiger partial charge in [0.1, 0.15) is 5.75 Å². The van der Waals surface area contributed by atoms with Gasteiger partial charge in [0.2, 0.25) is 0 Å². The van der Waals surface area contributed by atoms with Crippen LogP contribution in [0.25, 0.3) is 0 Å². The van der Waals surface area contributed by atoms with Crippen LogP contribution in [0.2, 0.25) is 0 Å². The molecule has 5 nitrogen and oxygen atoms in total. The molecule has 0 aliphatic carbocycles. The van der Waals surface area contributed by atoms with Gasteiger partial charge in [-0.3, -0.25) is 4.98 Å². The maximum atomic E-state index is 11.0. The summed E-state index contributed by atoms with van der Waals surface area (Å²) in [6.07, 6.45) is 0.718. The fourth-order valence-corrected chi connectivity index (χ4v) is 1.88. The van der Waals surface area contributed by atoms with Gasteiger partial charge in [-0.25, -0.2) is 4.79 Å². The van der Waals surface area contributed by atoms with Gasteiger partial charge in [-0.15, -0.1) is 0 Å². The Morgan fingerprint density at radius 3 is 2.70 bits per heavy atom. The number of anilines is 1. The maximum Gasteiger partial charge on any atom is 0.337 e. The first kappa shape index (κ1) is 13.9. The molecule has 0 fully saturated rings. The van der Waals surface area contributed by atoms with Gasteiger partial charge >= 0.3 is 5.97 Å². The molecular weight excluding hydrogens is 256 g/mol. The van der Waals surface area contributed by atoms with Crippen LogP contribution in [0.1, 0.15) is 28.7 Å². The highest BCUT2D eigenvalue weighted by molar-refractivity contribution is 5.95. The number of aryl methyl sites for hydroxylation is 2. The van der Waals surface area contributed by atoms with Crippen LogP contribution < -0.4 is 10.5 Å². The monoisotopic (exact) mass is 272 g/mol. The number of carboxylic acid groups (broad SMARTS) is 1. The number of nitrogens with two attached hydrogens (primary N) is 1. The number of benzene rings is 1. The molecule has 1 aromatic carbocycles. The van der Waals surface area contributed by atoms with E-state index in [-0.39, 0.29) is 11.3 Å². The molecule has 0 spiro atoms. The van der Waals surface area contributed by atoms with Gasteiger partial charge in [0, 0.05) is 5.69 Å². The third-order valence-corrected chi connectivity index (χ3v) is 2.92. The Labute approximate surface area is 117 Å². The summed E-state index contributed by atoms with van der Waals surface area (Å²) in [5.41, 5.74) is 7.68. The second kappa shape index (κ2) is 5.61. The predicted molar refractivity (Wildman–Crippen MR) is 76.2 cm³/mol. The van der Waals surface area contributed by atoms with Gasteiger partial charge in [0.25, 0.3) is 0 Å². The van der Waals surface area contributed by atoms with Crippen molar-refractivity contribution in [3.63, 3.8) is 0 Å². The van der Waals surface area contributed by atoms with E-state index in [0.717, 1.165) is 17.8 Å². The molecule has 5 heteroatoms. The molecule has 0 amide bonds. The summed E-state index contributed by atoms with van der Waals surface area (Å²) in [6, 6.07) is 8.34. The van der Waals surface area contributed by atoms with Crippen molar-refractivity contribution < 1.29 is 14.6 Å². The number of para-hydroxylation sites is 1. The highest BCUT2D eigenvalue weighted by atomic mass is 16.5. The van der Waals surface area contributed by atoms with Crippen molar-refractivity contribution in [1.82, 2.24) is 4.98 Å². The molecule has 104 valence electrons. The molecule has 1 aromatic heterocycles. The summed E-state index contributed by atoms with van der Waals surface area (Å²) in [7, 11) is 0. The lowest BCUT2D eigenvalue weighted by Crippen LogP contribution is -2.04. The van der Waals surface area contributed by atoms with Gasteiger partial charge in [0.15, 0.2) is 5.75 Å². The molecule has 0 aliphatic heterocycles. The number of aromatic carboxylic acids is 1. The molecule has 0 saturated carbocycles. The lowest BCUT2D eigenvalue weighted by Gasteiger charge is -2.13. The van der Waals surface area contributed by atoms with Crippen molar-refractivity contribution in [3.05, 3.63) is 47.3 Å². The summed E-state index contributed by atoms with van der Waals surface area (Å²) in [4.78, 5) is 15.4. The van der Waals surface area contributed by atoms with Crippen LogP contribution in [0, 0.1) is 6.92 Å². The topological polar surface area (TPSA) is 85.4 Å². The Kier molecular flexibility index (Phi) is 3.89. The summed E-state index contributed by atoms with van der Waals surface area (Å²) in [5.74, 6) is -0.164. The Morgan fingerprint density at radius 2 is 2.05 bits per heavy atom. The predicted octanol–water partition coefficient (Wildman–Crippen LogP) is 3.03. The lowest BCUT2D eigenvalue weighted by molar-refractivity contribution is 0.0697. The highest BCUT2D eigenvalue weighted by Crippen LogP contribution is 2.31. The van der Waals surface area contributed by atoms with Gasteiger partial charge < -0.3 is 15.6 Å². The van der Waals surface area contributed by atoms with Gasteiger partial charge in [-0.05, 0) is 37.6 Å². The first-order valence-corrected chi connectivity index (χ1v) is 6.29. The van der Waals surface area contributed by atoms with Gasteiger partial charge in [-0.1, -0.05) is 13.0 Å². The molecule has 0 radical (unpaired) electrons. The molecule has 0 atom stereocenters. The minimum atomic E-state index is -1.08. The largest absolute Gasteiger partial charge is 0.478 e. The fourth-order valence-electron chi connectivity index (χ4n) is 1.88. The van der Waals surface area contributed by atoms with E-state index in [1.165, 1.54) is 6.07 Å². The van der Waals surface area contributed by atoms with E-state index < -0.39 is 5.97 Å². The van der Waals surface area contributed by atoms with Crippen molar-refractivity contribution in [2.24, 2.45) is 0 Å². The smallest absolute Gasteiger partial charge is 0.337 e. The normalized spacial score (nSPS) is 10.3. The minimum absolute atomic E-state index is 0.0284. The lowest BCUT2D eigenvalue weighted by atomic mass is 10.1. The first-order chi connectivity index (χ1) is 9.52. The molecule has 1 heterocycles. The zero-order valence-corrected chi connectivity index (χ0v) is 11.4. The standard InChI is InChI=1S/C15H16N2O3/c1-3-11-12(8-7-9(2)17-11)20-13-6-4-5-10(14(13)16)15(18)19/h4-8H,3,16H2,1-2H3,(H,18,19). The van der Waals surface area contributed by atoms with Crippen molar-refractivity contribution in [3.8, 4) is 11.5 Å². The highest BCUT2D eigenvalue weighted by Gasteiger charge is 2.14. The van der Waals surface area contributed by atoms with Crippen molar-refractivity contribution >= 4 is 11.7 Å². The van der Waals surface area contributed by atoms with Crippen LogP contribution in [0.15, 0.2) is 30.3 Å².